The highest BCUT2D eigenvalue weighted by Crippen LogP contribution is 2.32. The molecule has 37 heavy (non-hydrogen) atoms. The van der Waals surface area contributed by atoms with E-state index in [0.717, 1.165) is 63.1 Å². The number of fused-ring (bicyclic) bond motifs is 2. The molecule has 5 aromatic rings. The molecule has 8 heteroatoms. The summed E-state index contributed by atoms with van der Waals surface area (Å²) in [6.45, 7) is 4.16. The van der Waals surface area contributed by atoms with E-state index in [2.05, 4.69) is 79.2 Å². The lowest BCUT2D eigenvalue weighted by Gasteiger charge is -2.30. The molecule has 0 radical (unpaired) electrons. The Morgan fingerprint density at radius 1 is 0.892 bits per heavy atom. The van der Waals surface area contributed by atoms with Crippen molar-refractivity contribution in [1.29, 1.82) is 0 Å². The highest BCUT2D eigenvalue weighted by atomic mass is 15.0. The Morgan fingerprint density at radius 3 is 2.54 bits per heavy atom. The number of aryl methyl sites for hydroxylation is 1. The molecule has 184 valence electrons. The van der Waals surface area contributed by atoms with Crippen molar-refractivity contribution in [3.05, 3.63) is 90.1 Å². The largest absolute Gasteiger partial charge is 0.355 e. The van der Waals surface area contributed by atoms with Crippen molar-refractivity contribution in [3.63, 3.8) is 0 Å². The van der Waals surface area contributed by atoms with Gasteiger partial charge in [0.1, 0.15) is 11.3 Å². The Hall–Kier alpha value is -4.56. The highest BCUT2D eigenvalue weighted by molar-refractivity contribution is 5.80. The number of benzene rings is 1. The molecule has 1 aliphatic carbocycles. The SMILES string of the molecule is CNC1(C)C=Cc2nccc(Nc3ccc(-c4nc5cc(Nc6ccnc(C)c6)cnc5[nH]4)cc3)c2C1. The van der Waals surface area contributed by atoms with Crippen LogP contribution >= 0.6 is 0 Å². The summed E-state index contributed by atoms with van der Waals surface area (Å²) in [5, 5.41) is 10.3. The Bertz CT molecular complexity index is 1620. The zero-order valence-electron chi connectivity index (χ0n) is 21.0. The minimum absolute atomic E-state index is 0.0850. The fourth-order valence-electron chi connectivity index (χ4n) is 4.57. The number of nitrogens with zero attached hydrogens (tertiary/aromatic N) is 4. The minimum Gasteiger partial charge on any atom is -0.355 e. The maximum Gasteiger partial charge on any atom is 0.157 e. The van der Waals surface area contributed by atoms with E-state index in [1.807, 2.05) is 44.4 Å². The van der Waals surface area contributed by atoms with Crippen LogP contribution in [0.15, 0.2) is 73.2 Å². The summed E-state index contributed by atoms with van der Waals surface area (Å²) in [6.07, 6.45) is 10.6. The first-order chi connectivity index (χ1) is 18.0. The van der Waals surface area contributed by atoms with Crippen LogP contribution in [0, 0.1) is 6.92 Å². The van der Waals surface area contributed by atoms with Crippen LogP contribution in [0.3, 0.4) is 0 Å². The smallest absolute Gasteiger partial charge is 0.157 e. The molecule has 4 heterocycles. The molecule has 1 unspecified atom stereocenters. The van der Waals surface area contributed by atoms with Crippen LogP contribution in [0.1, 0.15) is 23.9 Å². The summed E-state index contributed by atoms with van der Waals surface area (Å²) in [5.41, 5.74) is 9.55. The molecule has 0 spiro atoms. The lowest BCUT2D eigenvalue weighted by Crippen LogP contribution is -2.41. The van der Waals surface area contributed by atoms with Gasteiger partial charge in [-0.3, -0.25) is 9.97 Å². The molecule has 6 rings (SSSR count). The summed E-state index contributed by atoms with van der Waals surface area (Å²) in [4.78, 5) is 21.5. The molecule has 1 aromatic carbocycles. The number of pyridine rings is 3. The second kappa shape index (κ2) is 9.15. The van der Waals surface area contributed by atoms with E-state index >= 15 is 0 Å². The summed E-state index contributed by atoms with van der Waals surface area (Å²) >= 11 is 0. The Balaban J connectivity index is 1.21. The molecule has 1 aliphatic rings. The van der Waals surface area contributed by atoms with Crippen molar-refractivity contribution < 1.29 is 0 Å². The predicted molar refractivity (Wildman–Crippen MR) is 149 cm³/mol. The van der Waals surface area contributed by atoms with Gasteiger partial charge < -0.3 is 20.9 Å². The number of aromatic amines is 1. The Labute approximate surface area is 215 Å². The van der Waals surface area contributed by atoms with Crippen molar-refractivity contribution >= 4 is 40.0 Å². The molecule has 0 aliphatic heterocycles. The van der Waals surface area contributed by atoms with Crippen LogP contribution in [0.25, 0.3) is 28.6 Å². The molecule has 0 fully saturated rings. The van der Waals surface area contributed by atoms with Crippen molar-refractivity contribution in [2.45, 2.75) is 25.8 Å². The summed E-state index contributed by atoms with van der Waals surface area (Å²) in [5.74, 6) is 0.780. The number of nitrogens with one attached hydrogen (secondary N) is 4. The van der Waals surface area contributed by atoms with Gasteiger partial charge in [0.2, 0.25) is 0 Å². The van der Waals surface area contributed by atoms with Crippen LogP contribution in [0.4, 0.5) is 22.7 Å². The maximum atomic E-state index is 4.79. The van der Waals surface area contributed by atoms with E-state index in [4.69, 9.17) is 4.98 Å². The van der Waals surface area contributed by atoms with Gasteiger partial charge in [-0.05, 0) is 81.9 Å². The average Bonchev–Trinajstić information content (AvgIpc) is 3.33. The number of rotatable bonds is 6. The van der Waals surface area contributed by atoms with Gasteiger partial charge >= 0.3 is 0 Å². The Morgan fingerprint density at radius 2 is 1.73 bits per heavy atom. The van der Waals surface area contributed by atoms with Gasteiger partial charge in [-0.1, -0.05) is 6.08 Å². The predicted octanol–water partition coefficient (Wildman–Crippen LogP) is 5.76. The minimum atomic E-state index is -0.0850. The first kappa shape index (κ1) is 22.9. The van der Waals surface area contributed by atoms with Gasteiger partial charge in [0.25, 0.3) is 0 Å². The molecule has 4 aromatic heterocycles. The van der Waals surface area contributed by atoms with E-state index in [-0.39, 0.29) is 5.54 Å². The van der Waals surface area contributed by atoms with Crippen molar-refractivity contribution in [2.24, 2.45) is 0 Å². The fraction of sp³-hybridized carbons (Fsp3) is 0.172. The van der Waals surface area contributed by atoms with Gasteiger partial charge in [0, 0.05) is 51.8 Å². The van der Waals surface area contributed by atoms with Crippen molar-refractivity contribution in [2.75, 3.05) is 17.7 Å². The second-order valence-corrected chi connectivity index (χ2v) is 9.59. The summed E-state index contributed by atoms with van der Waals surface area (Å²) < 4.78 is 0. The first-order valence-electron chi connectivity index (χ1n) is 12.3. The third kappa shape index (κ3) is 4.66. The van der Waals surface area contributed by atoms with E-state index < -0.39 is 0 Å². The monoisotopic (exact) mass is 488 g/mol. The number of H-pyrrole nitrogens is 1. The van der Waals surface area contributed by atoms with E-state index in [9.17, 15) is 0 Å². The zero-order chi connectivity index (χ0) is 25.4. The number of hydrogen-bond donors (Lipinski definition) is 4. The molecule has 0 saturated heterocycles. The van der Waals surface area contributed by atoms with E-state index in [1.165, 1.54) is 5.56 Å². The van der Waals surface area contributed by atoms with Crippen LogP contribution in [-0.2, 0) is 6.42 Å². The van der Waals surface area contributed by atoms with Crippen LogP contribution in [0.2, 0.25) is 0 Å². The van der Waals surface area contributed by atoms with Gasteiger partial charge in [0.15, 0.2) is 5.65 Å². The molecule has 0 saturated carbocycles. The van der Waals surface area contributed by atoms with Crippen LogP contribution < -0.4 is 16.0 Å². The van der Waals surface area contributed by atoms with Gasteiger partial charge in [-0.15, -0.1) is 0 Å². The number of anilines is 4. The number of aromatic nitrogens is 5. The van der Waals surface area contributed by atoms with E-state index in [1.54, 1.807) is 12.4 Å². The molecule has 4 N–H and O–H groups in total. The average molecular weight is 489 g/mol. The normalized spacial score (nSPS) is 16.5. The molecule has 0 bridgehead atoms. The quantitative estimate of drug-likeness (QED) is 0.241. The van der Waals surface area contributed by atoms with Gasteiger partial charge in [-0.2, -0.15) is 0 Å². The molecular formula is C29H28N8. The third-order valence-corrected chi connectivity index (χ3v) is 6.77. The lowest BCUT2D eigenvalue weighted by molar-refractivity contribution is 0.473. The second-order valence-electron chi connectivity index (χ2n) is 9.59. The Kier molecular flexibility index (Phi) is 5.65. The van der Waals surface area contributed by atoms with Crippen LogP contribution in [0.5, 0.6) is 0 Å². The highest BCUT2D eigenvalue weighted by Gasteiger charge is 2.26. The molecule has 8 nitrogen and oxygen atoms in total. The number of imidazole rings is 1. The van der Waals surface area contributed by atoms with Crippen molar-refractivity contribution in [3.8, 4) is 11.4 Å². The molecule has 0 amide bonds. The van der Waals surface area contributed by atoms with Crippen molar-refractivity contribution in [1.82, 2.24) is 30.2 Å². The standard InChI is InChI=1S/C29H28N8/c1-18-14-21(9-12-31-18)34-22-15-26-28(33-17-22)37-27(36-26)19-4-6-20(7-5-19)35-25-10-13-32-24-8-11-29(2,30-3)16-23(24)25/h4-15,17,30H,16H2,1-3H3,(H,31,34)(H,32,35)(H,33,36,37). The zero-order valence-corrected chi connectivity index (χ0v) is 21.0. The van der Waals surface area contributed by atoms with Gasteiger partial charge in [0.05, 0.1) is 17.6 Å². The maximum absolute atomic E-state index is 4.79. The fourth-order valence-corrected chi connectivity index (χ4v) is 4.57. The number of hydrogen-bond acceptors (Lipinski definition) is 7. The van der Waals surface area contributed by atoms with Crippen LogP contribution in [-0.4, -0.2) is 37.5 Å². The lowest BCUT2D eigenvalue weighted by atomic mass is 9.86. The van der Waals surface area contributed by atoms with Gasteiger partial charge in [-0.25, -0.2) is 9.97 Å². The third-order valence-electron chi connectivity index (χ3n) is 6.77. The van der Waals surface area contributed by atoms with E-state index in [0.29, 0.717) is 0 Å². The summed E-state index contributed by atoms with van der Waals surface area (Å²) in [7, 11) is 1.99. The number of likely N-dealkylation sites (N-methyl/N-ethyl adjacent to an activating group) is 1. The summed E-state index contributed by atoms with van der Waals surface area (Å²) in [6, 6.07) is 16.2. The molecule has 1 atom stereocenters. The molecular weight excluding hydrogens is 460 g/mol. The first-order valence-corrected chi connectivity index (χ1v) is 12.3. The topological polar surface area (TPSA) is 103 Å².